The summed E-state index contributed by atoms with van der Waals surface area (Å²) >= 11 is 0. The number of hydrogen-bond acceptors (Lipinski definition) is 5. The molecule has 25 heavy (non-hydrogen) atoms. The molecule has 0 bridgehead atoms. The molecular weight excluding hydrogens is 384 g/mol. The Morgan fingerprint density at radius 1 is 1.12 bits per heavy atom. The maximum absolute atomic E-state index is 9.61. The van der Waals surface area contributed by atoms with E-state index in [1.807, 2.05) is 24.3 Å². The number of hydrogen-bond donors (Lipinski definition) is 0. The third-order valence-electron chi connectivity index (χ3n) is 4.35. The van der Waals surface area contributed by atoms with E-state index in [9.17, 15) is 5.26 Å². The van der Waals surface area contributed by atoms with Gasteiger partial charge in [-0.3, -0.25) is 0 Å². The zero-order valence-electron chi connectivity index (χ0n) is 13.8. The molecule has 2 aromatic rings. The van der Waals surface area contributed by atoms with Crippen LogP contribution in [-0.4, -0.2) is 28.0 Å². The molecule has 0 saturated carbocycles. The normalized spacial score (nSPS) is 16.2. The zero-order chi connectivity index (χ0) is 16.4. The number of fused-ring (bicyclic) bond motifs is 2. The molecule has 130 valence electrons. The largest absolute Gasteiger partial charge is 0.486 e. The Labute approximate surface area is 156 Å². The van der Waals surface area contributed by atoms with Crippen molar-refractivity contribution in [2.24, 2.45) is 0 Å². The fourth-order valence-electron chi connectivity index (χ4n) is 3.15. The minimum Gasteiger partial charge on any atom is -0.486 e. The summed E-state index contributed by atoms with van der Waals surface area (Å²) in [6.07, 6.45) is 6.18. The van der Waals surface area contributed by atoms with E-state index in [4.69, 9.17) is 9.47 Å². The lowest BCUT2D eigenvalue weighted by Crippen LogP contribution is -2.15. The molecule has 2 aliphatic rings. The number of halogens is 1. The van der Waals surface area contributed by atoms with Gasteiger partial charge in [0.15, 0.2) is 17.3 Å². The lowest BCUT2D eigenvalue weighted by atomic mass is 10.1. The molecule has 7 heteroatoms. The first-order valence-corrected chi connectivity index (χ1v) is 8.29. The second kappa shape index (κ2) is 7.70. The molecule has 0 saturated heterocycles. The summed E-state index contributed by atoms with van der Waals surface area (Å²) in [5, 5.41) is 18.1. The standard InChI is InChI=1S/C18H18N4O2.BrH/c19-12-14(18-21-20-17-4-2-1-3-7-22(17)18)10-13-5-6-15-16(11-13)24-9-8-23-15;/h5-6,10-11H,1-4,7-9H2;1H/b14-10+;. The maximum Gasteiger partial charge on any atom is 0.174 e. The quantitative estimate of drug-likeness (QED) is 0.719. The van der Waals surface area contributed by atoms with Crippen molar-refractivity contribution in [3.63, 3.8) is 0 Å². The third kappa shape index (κ3) is 3.54. The number of aromatic nitrogens is 3. The van der Waals surface area contributed by atoms with Gasteiger partial charge in [0.2, 0.25) is 0 Å². The molecule has 0 fully saturated rings. The summed E-state index contributed by atoms with van der Waals surface area (Å²) in [5.74, 6) is 3.09. The fraction of sp³-hybridized carbons (Fsp3) is 0.389. The van der Waals surface area contributed by atoms with Gasteiger partial charge in [0.25, 0.3) is 0 Å². The Morgan fingerprint density at radius 3 is 2.80 bits per heavy atom. The van der Waals surface area contributed by atoms with Gasteiger partial charge in [-0.05, 0) is 36.6 Å². The maximum atomic E-state index is 9.61. The first-order chi connectivity index (χ1) is 11.8. The molecule has 1 aromatic carbocycles. The molecule has 6 nitrogen and oxygen atoms in total. The average molecular weight is 403 g/mol. The van der Waals surface area contributed by atoms with Crippen LogP contribution in [0.25, 0.3) is 11.6 Å². The van der Waals surface area contributed by atoms with Gasteiger partial charge in [-0.25, -0.2) is 0 Å². The monoisotopic (exact) mass is 402 g/mol. The zero-order valence-corrected chi connectivity index (χ0v) is 15.5. The minimum absolute atomic E-state index is 0. The molecule has 3 heterocycles. The van der Waals surface area contributed by atoms with E-state index in [1.54, 1.807) is 0 Å². The van der Waals surface area contributed by atoms with Crippen molar-refractivity contribution in [2.45, 2.75) is 32.2 Å². The molecule has 0 N–H and O–H groups in total. The number of ether oxygens (including phenoxy) is 2. The molecule has 4 rings (SSSR count). The molecule has 0 aliphatic carbocycles. The highest BCUT2D eigenvalue weighted by Crippen LogP contribution is 2.32. The van der Waals surface area contributed by atoms with Crippen LogP contribution in [0.4, 0.5) is 0 Å². The van der Waals surface area contributed by atoms with Crippen LogP contribution in [0.1, 0.15) is 36.5 Å². The van der Waals surface area contributed by atoms with E-state index in [2.05, 4.69) is 20.8 Å². The molecule has 0 atom stereocenters. The van der Waals surface area contributed by atoms with Crippen LogP contribution in [0, 0.1) is 11.3 Å². The van der Waals surface area contributed by atoms with Gasteiger partial charge in [-0.15, -0.1) is 27.2 Å². The molecule has 0 radical (unpaired) electrons. The SMILES string of the molecule is Br.N#C/C(=C\c1ccc2c(c1)OCCO2)c1nnc2n1CCCCC2. The second-order valence-corrected chi connectivity index (χ2v) is 5.98. The van der Waals surface area contributed by atoms with Crippen LogP contribution in [0.5, 0.6) is 11.5 Å². The molecule has 0 spiro atoms. The summed E-state index contributed by atoms with van der Waals surface area (Å²) in [4.78, 5) is 0. The Bertz CT molecular complexity index is 838. The molecular formula is C18H19BrN4O2. The summed E-state index contributed by atoms with van der Waals surface area (Å²) < 4.78 is 13.2. The first kappa shape index (κ1) is 17.5. The summed E-state index contributed by atoms with van der Waals surface area (Å²) in [6, 6.07) is 7.96. The second-order valence-electron chi connectivity index (χ2n) is 5.98. The van der Waals surface area contributed by atoms with Gasteiger partial charge in [-0.1, -0.05) is 12.5 Å². The molecule has 2 aliphatic heterocycles. The van der Waals surface area contributed by atoms with E-state index < -0.39 is 0 Å². The van der Waals surface area contributed by atoms with Gasteiger partial charge < -0.3 is 14.0 Å². The summed E-state index contributed by atoms with van der Waals surface area (Å²) in [5.41, 5.74) is 1.41. The van der Waals surface area contributed by atoms with E-state index >= 15 is 0 Å². The number of nitrogens with zero attached hydrogens (tertiary/aromatic N) is 4. The average Bonchev–Trinajstić information content (AvgIpc) is 2.87. The highest BCUT2D eigenvalue weighted by atomic mass is 79.9. The molecule has 1 aromatic heterocycles. The summed E-state index contributed by atoms with van der Waals surface area (Å²) in [6.45, 7) is 1.98. The van der Waals surface area contributed by atoms with Crippen LogP contribution in [-0.2, 0) is 13.0 Å². The van der Waals surface area contributed by atoms with E-state index in [0.29, 0.717) is 30.4 Å². The number of nitriles is 1. The predicted octanol–water partition coefficient (Wildman–Crippen LogP) is 3.42. The van der Waals surface area contributed by atoms with Crippen LogP contribution in [0.2, 0.25) is 0 Å². The minimum atomic E-state index is 0. The smallest absolute Gasteiger partial charge is 0.174 e. The third-order valence-corrected chi connectivity index (χ3v) is 4.35. The van der Waals surface area contributed by atoms with Gasteiger partial charge >= 0.3 is 0 Å². The van der Waals surface area contributed by atoms with E-state index in [-0.39, 0.29) is 17.0 Å². The van der Waals surface area contributed by atoms with Gasteiger partial charge in [0.05, 0.1) is 5.57 Å². The number of aryl methyl sites for hydroxylation is 1. The van der Waals surface area contributed by atoms with Crippen LogP contribution in [0.15, 0.2) is 18.2 Å². The van der Waals surface area contributed by atoms with Gasteiger partial charge in [-0.2, -0.15) is 5.26 Å². The van der Waals surface area contributed by atoms with Crippen molar-refractivity contribution in [1.29, 1.82) is 5.26 Å². The van der Waals surface area contributed by atoms with Crippen molar-refractivity contribution >= 4 is 28.6 Å². The summed E-state index contributed by atoms with van der Waals surface area (Å²) in [7, 11) is 0. The Hall–Kier alpha value is -2.33. The van der Waals surface area contributed by atoms with Gasteiger partial charge in [0, 0.05) is 13.0 Å². The number of allylic oxidation sites excluding steroid dienone is 1. The van der Waals surface area contributed by atoms with E-state index in [0.717, 1.165) is 42.9 Å². The highest BCUT2D eigenvalue weighted by Gasteiger charge is 2.18. The Morgan fingerprint density at radius 2 is 1.96 bits per heavy atom. The van der Waals surface area contributed by atoms with Crippen molar-refractivity contribution in [3.05, 3.63) is 35.4 Å². The molecule has 0 amide bonds. The van der Waals surface area contributed by atoms with Crippen LogP contribution >= 0.6 is 17.0 Å². The predicted molar refractivity (Wildman–Crippen MR) is 98.8 cm³/mol. The van der Waals surface area contributed by atoms with Crippen LogP contribution < -0.4 is 9.47 Å². The van der Waals surface area contributed by atoms with E-state index in [1.165, 1.54) is 6.42 Å². The fourth-order valence-corrected chi connectivity index (χ4v) is 3.15. The lowest BCUT2D eigenvalue weighted by molar-refractivity contribution is 0.171. The lowest BCUT2D eigenvalue weighted by Gasteiger charge is -2.18. The van der Waals surface area contributed by atoms with Crippen molar-refractivity contribution in [2.75, 3.05) is 13.2 Å². The van der Waals surface area contributed by atoms with Crippen molar-refractivity contribution < 1.29 is 9.47 Å². The highest BCUT2D eigenvalue weighted by molar-refractivity contribution is 8.93. The topological polar surface area (TPSA) is 73.0 Å². The number of rotatable bonds is 2. The molecule has 0 unspecified atom stereocenters. The van der Waals surface area contributed by atoms with Crippen molar-refractivity contribution in [3.8, 4) is 17.6 Å². The van der Waals surface area contributed by atoms with Crippen molar-refractivity contribution in [1.82, 2.24) is 14.8 Å². The van der Waals surface area contributed by atoms with Gasteiger partial charge in [0.1, 0.15) is 25.1 Å². The first-order valence-electron chi connectivity index (χ1n) is 8.29. The number of benzene rings is 1. The Kier molecular flexibility index (Phi) is 5.39. The Balaban J connectivity index is 0.00000182. The van der Waals surface area contributed by atoms with Crippen LogP contribution in [0.3, 0.4) is 0 Å².